The fourth-order valence-electron chi connectivity index (χ4n) is 5.56. The van der Waals surface area contributed by atoms with Crippen LogP contribution in [-0.2, 0) is 19.6 Å². The Hall–Kier alpha value is -2.13. The number of ether oxygens (including phenoxy) is 1. The number of hydrogen-bond donors (Lipinski definition) is 0. The van der Waals surface area contributed by atoms with Crippen LogP contribution in [-0.4, -0.2) is 61.5 Å². The van der Waals surface area contributed by atoms with E-state index in [1.165, 1.54) is 10.6 Å². The van der Waals surface area contributed by atoms with Gasteiger partial charge in [-0.25, -0.2) is 12.7 Å². The van der Waals surface area contributed by atoms with Crippen molar-refractivity contribution in [2.45, 2.75) is 56.7 Å². The molecule has 10 heteroatoms. The predicted octanol–water partition coefficient (Wildman–Crippen LogP) is 5.04. The van der Waals surface area contributed by atoms with Gasteiger partial charge in [0.05, 0.1) is 18.9 Å². The van der Waals surface area contributed by atoms with Crippen molar-refractivity contribution < 1.29 is 22.7 Å². The van der Waals surface area contributed by atoms with Crippen molar-refractivity contribution >= 4 is 45.1 Å². The Kier molecular flexibility index (Phi) is 8.00. The van der Waals surface area contributed by atoms with E-state index >= 15 is 0 Å². The van der Waals surface area contributed by atoms with Gasteiger partial charge in [-0.3, -0.25) is 9.59 Å². The van der Waals surface area contributed by atoms with Gasteiger partial charge in [0.15, 0.2) is 0 Å². The molecule has 4 rings (SSSR count). The van der Waals surface area contributed by atoms with Gasteiger partial charge in [0, 0.05) is 34.7 Å². The fourth-order valence-corrected chi connectivity index (χ4v) is 6.82. The van der Waals surface area contributed by atoms with E-state index < -0.39 is 40.0 Å². The average molecular weight is 554 g/mol. The summed E-state index contributed by atoms with van der Waals surface area (Å²) in [4.78, 5) is 29.3. The first kappa shape index (κ1) is 26.9. The predicted molar refractivity (Wildman–Crippen MR) is 140 cm³/mol. The molecule has 0 bridgehead atoms. The van der Waals surface area contributed by atoms with Gasteiger partial charge in [-0.1, -0.05) is 60.3 Å². The smallest absolute Gasteiger partial charge is 0.315 e. The summed E-state index contributed by atoms with van der Waals surface area (Å²) in [6, 6.07) is 10.3. The molecule has 0 spiro atoms. The van der Waals surface area contributed by atoms with Crippen molar-refractivity contribution in [2.75, 3.05) is 19.9 Å². The molecule has 36 heavy (non-hydrogen) atoms. The molecule has 194 valence electrons. The minimum absolute atomic E-state index is 0.176. The molecule has 2 aliphatic rings. The number of amides is 1. The van der Waals surface area contributed by atoms with Crippen LogP contribution < -0.4 is 0 Å². The lowest BCUT2D eigenvalue weighted by Crippen LogP contribution is -2.59. The Bertz CT molecular complexity index is 1270. The van der Waals surface area contributed by atoms with Gasteiger partial charge in [0.2, 0.25) is 10.0 Å². The SMILES string of the molecule is CCOC(=O)[C@@H]1c2ccccc2C(=O)N([C@H]2CCCC[C@@H]2N(C)S(C)(=O)=O)[C@H]1c1ccc(Cl)cc1Cl. The standard InChI is InChI=1S/C26H30Cl2N2O5S/c1-4-35-26(32)23-17-9-5-6-10-18(17)25(31)30(24(23)19-14-13-16(27)15-20(19)28)22-12-8-7-11-21(22)29(2)36(3,33)34/h5-6,9-10,13-15,21-24H,4,7-8,11-12H2,1-3H3/t21-,22-,23+,24-/m0/s1. The van der Waals surface area contributed by atoms with Crippen LogP contribution in [0, 0.1) is 0 Å². The monoisotopic (exact) mass is 552 g/mol. The van der Waals surface area contributed by atoms with Crippen LogP contribution in [0.5, 0.6) is 0 Å². The third kappa shape index (κ3) is 5.01. The van der Waals surface area contributed by atoms with Gasteiger partial charge in [-0.05, 0) is 49.1 Å². The fraction of sp³-hybridized carbons (Fsp3) is 0.462. The van der Waals surface area contributed by atoms with Crippen molar-refractivity contribution in [2.24, 2.45) is 0 Å². The van der Waals surface area contributed by atoms with Crippen LogP contribution in [0.15, 0.2) is 42.5 Å². The minimum atomic E-state index is -3.53. The number of nitrogens with zero attached hydrogens (tertiary/aromatic N) is 2. The zero-order valence-corrected chi connectivity index (χ0v) is 22.8. The van der Waals surface area contributed by atoms with Crippen LogP contribution in [0.25, 0.3) is 0 Å². The zero-order valence-electron chi connectivity index (χ0n) is 20.5. The minimum Gasteiger partial charge on any atom is -0.465 e. The molecule has 0 radical (unpaired) electrons. The van der Waals surface area contributed by atoms with E-state index in [0.29, 0.717) is 39.6 Å². The van der Waals surface area contributed by atoms with Gasteiger partial charge in [-0.2, -0.15) is 0 Å². The van der Waals surface area contributed by atoms with E-state index in [1.54, 1.807) is 61.3 Å². The highest BCUT2D eigenvalue weighted by molar-refractivity contribution is 7.88. The summed E-state index contributed by atoms with van der Waals surface area (Å²) in [5, 5.41) is 0.751. The normalized spacial score (nSPS) is 24.5. The molecular formula is C26H30Cl2N2O5S. The summed E-state index contributed by atoms with van der Waals surface area (Å²) in [5.74, 6) is -1.58. The molecule has 7 nitrogen and oxygen atoms in total. The average Bonchev–Trinajstić information content (AvgIpc) is 2.83. The first-order valence-electron chi connectivity index (χ1n) is 12.0. The molecule has 0 unspecified atom stereocenters. The first-order chi connectivity index (χ1) is 17.1. The molecular weight excluding hydrogens is 523 g/mol. The lowest BCUT2D eigenvalue weighted by atomic mass is 9.77. The number of halogens is 2. The highest BCUT2D eigenvalue weighted by Crippen LogP contribution is 2.48. The second kappa shape index (κ2) is 10.7. The number of esters is 1. The molecule has 0 N–H and O–H groups in total. The first-order valence-corrected chi connectivity index (χ1v) is 14.6. The summed E-state index contributed by atoms with van der Waals surface area (Å²) >= 11 is 12.9. The number of carbonyl (C=O) groups is 2. The summed E-state index contributed by atoms with van der Waals surface area (Å²) in [7, 11) is -1.98. The Morgan fingerprint density at radius 3 is 2.47 bits per heavy atom. The third-order valence-electron chi connectivity index (χ3n) is 7.24. The van der Waals surface area contributed by atoms with Crippen molar-refractivity contribution in [3.8, 4) is 0 Å². The van der Waals surface area contributed by atoms with Gasteiger partial charge >= 0.3 is 5.97 Å². The van der Waals surface area contributed by atoms with E-state index in [4.69, 9.17) is 27.9 Å². The zero-order chi connectivity index (χ0) is 26.2. The topological polar surface area (TPSA) is 84.0 Å². The van der Waals surface area contributed by atoms with E-state index in [1.807, 2.05) is 0 Å². The van der Waals surface area contributed by atoms with Crippen molar-refractivity contribution in [3.05, 3.63) is 69.2 Å². The lowest BCUT2D eigenvalue weighted by Gasteiger charge is -2.50. The van der Waals surface area contributed by atoms with Crippen LogP contribution in [0.1, 0.15) is 66.1 Å². The third-order valence-corrected chi connectivity index (χ3v) is 9.12. The summed E-state index contributed by atoms with van der Waals surface area (Å²) in [5.41, 5.74) is 1.54. The molecule has 1 aliphatic heterocycles. The van der Waals surface area contributed by atoms with E-state index in [2.05, 4.69) is 0 Å². The summed E-state index contributed by atoms with van der Waals surface area (Å²) in [6.07, 6.45) is 4.03. The number of fused-ring (bicyclic) bond motifs is 1. The number of rotatable bonds is 6. The van der Waals surface area contributed by atoms with Crippen LogP contribution in [0.2, 0.25) is 10.0 Å². The molecule has 1 fully saturated rings. The second-order valence-corrected chi connectivity index (χ2v) is 12.2. The number of carbonyl (C=O) groups excluding carboxylic acids is 2. The molecule has 2 aromatic rings. The Labute approximate surface area is 222 Å². The highest BCUT2D eigenvalue weighted by Gasteiger charge is 2.50. The van der Waals surface area contributed by atoms with E-state index in [9.17, 15) is 18.0 Å². The quantitative estimate of drug-likeness (QED) is 0.468. The number of sulfonamides is 1. The molecule has 1 aliphatic carbocycles. The molecule has 1 saturated carbocycles. The maximum atomic E-state index is 14.2. The van der Waals surface area contributed by atoms with Crippen molar-refractivity contribution in [1.29, 1.82) is 0 Å². The van der Waals surface area contributed by atoms with Crippen LogP contribution in [0.3, 0.4) is 0 Å². The maximum Gasteiger partial charge on any atom is 0.315 e. The van der Waals surface area contributed by atoms with Gasteiger partial charge < -0.3 is 9.64 Å². The van der Waals surface area contributed by atoms with Gasteiger partial charge in [-0.15, -0.1) is 0 Å². The second-order valence-electron chi connectivity index (χ2n) is 9.34. The largest absolute Gasteiger partial charge is 0.465 e. The van der Waals surface area contributed by atoms with E-state index in [0.717, 1.165) is 12.8 Å². The number of benzene rings is 2. The highest BCUT2D eigenvalue weighted by atomic mass is 35.5. The summed E-state index contributed by atoms with van der Waals surface area (Å²) in [6.45, 7) is 1.91. The number of hydrogen-bond acceptors (Lipinski definition) is 5. The van der Waals surface area contributed by atoms with E-state index in [-0.39, 0.29) is 12.5 Å². The van der Waals surface area contributed by atoms with Crippen LogP contribution >= 0.6 is 23.2 Å². The van der Waals surface area contributed by atoms with Crippen molar-refractivity contribution in [3.63, 3.8) is 0 Å². The lowest BCUT2D eigenvalue weighted by molar-refractivity contribution is -0.147. The van der Waals surface area contributed by atoms with Crippen molar-refractivity contribution in [1.82, 2.24) is 9.21 Å². The Balaban J connectivity index is 1.96. The summed E-state index contributed by atoms with van der Waals surface area (Å²) < 4.78 is 32.0. The van der Waals surface area contributed by atoms with Gasteiger partial charge in [0.25, 0.3) is 5.91 Å². The Morgan fingerprint density at radius 2 is 1.81 bits per heavy atom. The molecule has 2 aromatic carbocycles. The maximum absolute atomic E-state index is 14.2. The molecule has 1 heterocycles. The Morgan fingerprint density at radius 1 is 1.11 bits per heavy atom. The van der Waals surface area contributed by atoms with Crippen LogP contribution in [0.4, 0.5) is 0 Å². The van der Waals surface area contributed by atoms with Gasteiger partial charge in [0.1, 0.15) is 5.92 Å². The molecule has 1 amide bonds. The molecule has 0 saturated heterocycles. The molecule has 4 atom stereocenters. The number of likely N-dealkylation sites (N-methyl/N-ethyl adjacent to an activating group) is 1. The molecule has 0 aromatic heterocycles.